The topological polar surface area (TPSA) is 121 Å². The maximum atomic E-state index is 12.6. The van der Waals surface area contributed by atoms with E-state index in [4.69, 9.17) is 25.9 Å². The van der Waals surface area contributed by atoms with E-state index in [2.05, 4.69) is 5.32 Å². The first-order valence-corrected chi connectivity index (χ1v) is 9.39. The number of amides is 1. The zero-order chi connectivity index (χ0) is 21.0. The number of carbonyl (C=O) groups excluding carboxylic acids is 1. The Balaban J connectivity index is 1.55. The number of nitrogens with one attached hydrogen (secondary N) is 2. The largest absolute Gasteiger partial charge is 0.493 e. The number of nitrogens with two attached hydrogens (primary N) is 1. The average Bonchev–Trinajstić information content (AvgIpc) is 3.10. The van der Waals surface area contributed by atoms with Crippen molar-refractivity contribution in [1.82, 2.24) is 5.32 Å². The lowest BCUT2D eigenvalue weighted by molar-refractivity contribution is -0.134. The summed E-state index contributed by atoms with van der Waals surface area (Å²) in [5, 5.41) is 19.4. The van der Waals surface area contributed by atoms with Crippen LogP contribution in [0.15, 0.2) is 42.5 Å². The fourth-order valence-corrected chi connectivity index (χ4v) is 3.20. The second-order valence-electron chi connectivity index (χ2n) is 7.47. The summed E-state index contributed by atoms with van der Waals surface area (Å²) in [6.07, 6.45) is 0.701. The minimum absolute atomic E-state index is 0.0217. The molecule has 2 aromatic rings. The summed E-state index contributed by atoms with van der Waals surface area (Å²) in [6, 6.07) is 14.2. The van der Waals surface area contributed by atoms with Crippen LogP contribution >= 0.6 is 0 Å². The zero-order valence-corrected chi connectivity index (χ0v) is 16.5. The van der Waals surface area contributed by atoms with Crippen molar-refractivity contribution in [3.63, 3.8) is 0 Å². The zero-order valence-electron chi connectivity index (χ0n) is 16.5. The van der Waals surface area contributed by atoms with Crippen LogP contribution in [0, 0.1) is 16.7 Å². The molecule has 7 nitrogen and oxygen atoms in total. The predicted octanol–water partition coefficient (Wildman–Crippen LogP) is 2.68. The van der Waals surface area contributed by atoms with Crippen molar-refractivity contribution < 1.29 is 14.3 Å². The third-order valence-corrected chi connectivity index (χ3v) is 4.88. The molecule has 0 saturated carbocycles. The number of nitrogens with zero attached hydrogens (tertiary/aromatic N) is 1. The maximum absolute atomic E-state index is 12.6. The van der Waals surface area contributed by atoms with E-state index in [1.807, 2.05) is 18.2 Å². The molecule has 0 aromatic heterocycles. The highest BCUT2D eigenvalue weighted by atomic mass is 16.5. The highest BCUT2D eigenvalue weighted by molar-refractivity contribution is 5.95. The Morgan fingerprint density at radius 3 is 2.72 bits per heavy atom. The predicted molar refractivity (Wildman–Crippen MR) is 109 cm³/mol. The number of hydrogen-bond donors (Lipinski definition) is 3. The van der Waals surface area contributed by atoms with Gasteiger partial charge in [-0.1, -0.05) is 0 Å². The molecule has 1 atom stereocenters. The molecule has 1 heterocycles. The van der Waals surface area contributed by atoms with Gasteiger partial charge in [-0.05, 0) is 62.7 Å². The number of hydrogen-bond acceptors (Lipinski definition) is 5. The van der Waals surface area contributed by atoms with Crippen molar-refractivity contribution >= 4 is 11.7 Å². The van der Waals surface area contributed by atoms with E-state index in [0.29, 0.717) is 36.4 Å². The molecule has 150 valence electrons. The molecule has 1 unspecified atom stereocenters. The lowest BCUT2D eigenvalue weighted by Crippen LogP contribution is -2.47. The third-order valence-electron chi connectivity index (χ3n) is 4.88. The number of nitriles is 1. The third kappa shape index (κ3) is 4.66. The first-order chi connectivity index (χ1) is 13.8. The van der Waals surface area contributed by atoms with Gasteiger partial charge in [0.2, 0.25) is 0 Å². The molecule has 0 saturated heterocycles. The van der Waals surface area contributed by atoms with Gasteiger partial charge in [-0.3, -0.25) is 10.2 Å². The molecule has 0 radical (unpaired) electrons. The van der Waals surface area contributed by atoms with Crippen LogP contribution < -0.4 is 20.5 Å². The van der Waals surface area contributed by atoms with Gasteiger partial charge in [0.15, 0.2) is 5.60 Å². The molecule has 7 heteroatoms. The summed E-state index contributed by atoms with van der Waals surface area (Å²) in [5.41, 5.74) is 6.74. The Labute approximate surface area is 169 Å². The van der Waals surface area contributed by atoms with E-state index in [0.717, 1.165) is 11.3 Å². The fraction of sp³-hybridized carbons (Fsp3) is 0.318. The minimum atomic E-state index is -1.06. The Hall–Kier alpha value is -3.53. The molecule has 1 amide bonds. The first-order valence-electron chi connectivity index (χ1n) is 9.39. The Morgan fingerprint density at radius 1 is 1.34 bits per heavy atom. The van der Waals surface area contributed by atoms with Crippen LogP contribution in [-0.2, 0) is 4.79 Å². The van der Waals surface area contributed by atoms with Crippen LogP contribution in [0.2, 0.25) is 0 Å². The summed E-state index contributed by atoms with van der Waals surface area (Å²) >= 11 is 0. The molecule has 0 bridgehead atoms. The summed E-state index contributed by atoms with van der Waals surface area (Å²) in [6.45, 7) is 4.41. The van der Waals surface area contributed by atoms with Gasteiger partial charge in [0, 0.05) is 23.6 Å². The summed E-state index contributed by atoms with van der Waals surface area (Å²) in [5.74, 6) is 1.26. The molecule has 4 N–H and O–H groups in total. The van der Waals surface area contributed by atoms with Crippen LogP contribution in [0.4, 0.5) is 0 Å². The average molecular weight is 392 g/mol. The molecule has 1 aliphatic heterocycles. The monoisotopic (exact) mass is 392 g/mol. The van der Waals surface area contributed by atoms with Gasteiger partial charge in [0.1, 0.15) is 17.3 Å². The SMILES string of the molecule is CC(C)(Oc1ccc(C#N)cc1)C(=O)NCCC1COc2ccc(C(=N)N)cc21. The van der Waals surface area contributed by atoms with Crippen LogP contribution in [0.3, 0.4) is 0 Å². The Bertz CT molecular complexity index is 961. The standard InChI is InChI=1S/C22H24N4O3/c1-22(2,29-17-6-3-14(12-23)4-7-17)21(27)26-10-9-16-13-28-19-8-5-15(20(24)25)11-18(16)19/h3-8,11,16H,9-10,13H2,1-2H3,(H3,24,25)(H,26,27). The van der Waals surface area contributed by atoms with Crippen molar-refractivity contribution in [2.45, 2.75) is 31.8 Å². The van der Waals surface area contributed by atoms with Gasteiger partial charge >= 0.3 is 0 Å². The normalized spacial score (nSPS) is 15.0. The van der Waals surface area contributed by atoms with Crippen LogP contribution in [0.1, 0.15) is 42.9 Å². The number of nitrogen functional groups attached to an aromatic ring is 1. The molecule has 2 aromatic carbocycles. The Morgan fingerprint density at radius 2 is 2.07 bits per heavy atom. The van der Waals surface area contributed by atoms with Gasteiger partial charge in [0.25, 0.3) is 5.91 Å². The van der Waals surface area contributed by atoms with Gasteiger partial charge in [-0.25, -0.2) is 0 Å². The van der Waals surface area contributed by atoms with Crippen LogP contribution in [0.25, 0.3) is 0 Å². The highest BCUT2D eigenvalue weighted by Crippen LogP contribution is 2.36. The second kappa shape index (κ2) is 8.23. The lowest BCUT2D eigenvalue weighted by atomic mass is 9.95. The smallest absolute Gasteiger partial charge is 0.263 e. The first kappa shape index (κ1) is 20.2. The molecule has 0 fully saturated rings. The molecule has 1 aliphatic rings. The Kier molecular flexibility index (Phi) is 5.74. The summed E-state index contributed by atoms with van der Waals surface area (Å²) in [7, 11) is 0. The highest BCUT2D eigenvalue weighted by Gasteiger charge is 2.30. The van der Waals surface area contributed by atoms with Crippen molar-refractivity contribution in [2.75, 3.05) is 13.2 Å². The van der Waals surface area contributed by atoms with Crippen molar-refractivity contribution in [1.29, 1.82) is 10.7 Å². The minimum Gasteiger partial charge on any atom is -0.493 e. The van der Waals surface area contributed by atoms with Gasteiger partial charge in [0.05, 0.1) is 18.2 Å². The van der Waals surface area contributed by atoms with Crippen LogP contribution in [0.5, 0.6) is 11.5 Å². The van der Waals surface area contributed by atoms with E-state index >= 15 is 0 Å². The molecule has 0 spiro atoms. The van der Waals surface area contributed by atoms with Crippen molar-refractivity contribution in [2.24, 2.45) is 5.73 Å². The molecular formula is C22H24N4O3. The maximum Gasteiger partial charge on any atom is 0.263 e. The summed E-state index contributed by atoms with van der Waals surface area (Å²) in [4.78, 5) is 12.6. The molecule has 3 rings (SSSR count). The van der Waals surface area contributed by atoms with Gasteiger partial charge in [-0.15, -0.1) is 0 Å². The van der Waals surface area contributed by atoms with E-state index in [1.165, 1.54) is 0 Å². The number of benzene rings is 2. The van der Waals surface area contributed by atoms with E-state index in [1.54, 1.807) is 44.2 Å². The number of carbonyl (C=O) groups is 1. The second-order valence-corrected chi connectivity index (χ2v) is 7.47. The number of fused-ring (bicyclic) bond motifs is 1. The number of ether oxygens (including phenoxy) is 2. The van der Waals surface area contributed by atoms with E-state index in [9.17, 15) is 4.79 Å². The van der Waals surface area contributed by atoms with E-state index < -0.39 is 5.60 Å². The number of rotatable bonds is 7. The molecular weight excluding hydrogens is 368 g/mol. The molecule has 29 heavy (non-hydrogen) atoms. The lowest BCUT2D eigenvalue weighted by Gasteiger charge is -2.25. The fourth-order valence-electron chi connectivity index (χ4n) is 3.20. The van der Waals surface area contributed by atoms with Crippen molar-refractivity contribution in [3.8, 4) is 17.6 Å². The van der Waals surface area contributed by atoms with Gasteiger partial charge < -0.3 is 20.5 Å². The number of amidine groups is 1. The molecule has 0 aliphatic carbocycles. The quantitative estimate of drug-likeness (QED) is 0.494. The van der Waals surface area contributed by atoms with E-state index in [-0.39, 0.29) is 17.7 Å². The van der Waals surface area contributed by atoms with Gasteiger partial charge in [-0.2, -0.15) is 5.26 Å². The summed E-state index contributed by atoms with van der Waals surface area (Å²) < 4.78 is 11.5. The van der Waals surface area contributed by atoms with Crippen molar-refractivity contribution in [3.05, 3.63) is 59.2 Å². The van der Waals surface area contributed by atoms with Crippen LogP contribution in [-0.4, -0.2) is 30.5 Å².